The van der Waals surface area contributed by atoms with Crippen LogP contribution in [0.4, 0.5) is 13.6 Å². The average molecular weight is 497 g/mol. The number of rotatable bonds is 4. The van der Waals surface area contributed by atoms with Crippen molar-refractivity contribution in [3.63, 3.8) is 0 Å². The van der Waals surface area contributed by atoms with E-state index in [9.17, 15) is 14.4 Å². The van der Waals surface area contributed by atoms with Gasteiger partial charge in [-0.05, 0) is 50.6 Å². The Labute approximate surface area is 207 Å². The van der Waals surface area contributed by atoms with Crippen molar-refractivity contribution >= 4 is 17.7 Å². The maximum absolute atomic E-state index is 15.0. The lowest BCUT2D eigenvalue weighted by molar-refractivity contribution is 0.0415. The molecule has 8 heteroatoms. The number of carbonyl (C=O) groups is 1. The number of alkyl carbamates (subject to hydrolysis) is 1. The highest BCUT2D eigenvalue weighted by molar-refractivity contribution is 6.33. The molecular formula is C27H23ClF2N2O3. The number of nitrogens with one attached hydrogen (secondary N) is 1. The Bertz CT molecular complexity index is 1330. The smallest absolute Gasteiger partial charge is 0.407 e. The molecule has 180 valence electrons. The van der Waals surface area contributed by atoms with Gasteiger partial charge in [0.05, 0.1) is 18.2 Å². The van der Waals surface area contributed by atoms with E-state index in [1.54, 1.807) is 26.8 Å². The minimum atomic E-state index is -1.16. The summed E-state index contributed by atoms with van der Waals surface area (Å²) >= 11 is 6.49. The third-order valence-corrected chi connectivity index (χ3v) is 5.98. The van der Waals surface area contributed by atoms with Crippen LogP contribution in [0, 0.1) is 23.0 Å². The number of benzene rings is 3. The van der Waals surface area contributed by atoms with Gasteiger partial charge in [0, 0.05) is 28.1 Å². The van der Waals surface area contributed by atoms with E-state index in [1.165, 1.54) is 12.1 Å². The molecule has 0 bridgehead atoms. The van der Waals surface area contributed by atoms with E-state index in [0.29, 0.717) is 11.3 Å². The Morgan fingerprint density at radius 3 is 2.51 bits per heavy atom. The highest BCUT2D eigenvalue weighted by Gasteiger charge is 2.44. The van der Waals surface area contributed by atoms with Crippen LogP contribution in [0.5, 0.6) is 5.75 Å². The first-order valence-electron chi connectivity index (χ1n) is 11.0. The number of nitrogens with zero attached hydrogens (tertiary/aromatic N) is 1. The molecule has 5 nitrogen and oxygen atoms in total. The Balaban J connectivity index is 1.81. The van der Waals surface area contributed by atoms with Crippen molar-refractivity contribution < 1.29 is 23.0 Å². The highest BCUT2D eigenvalue weighted by atomic mass is 35.5. The molecule has 1 amide bonds. The number of fused-ring (bicyclic) bond motifs is 1. The summed E-state index contributed by atoms with van der Waals surface area (Å²) in [5, 5.41) is 12.5. The van der Waals surface area contributed by atoms with Gasteiger partial charge in [0.15, 0.2) is 17.2 Å². The number of ether oxygens (including phenoxy) is 2. The highest BCUT2D eigenvalue weighted by Crippen LogP contribution is 2.49. The van der Waals surface area contributed by atoms with Crippen LogP contribution in [0.1, 0.15) is 37.5 Å². The molecule has 0 aliphatic carbocycles. The van der Waals surface area contributed by atoms with Gasteiger partial charge in [0.1, 0.15) is 11.4 Å². The molecule has 0 saturated carbocycles. The molecule has 0 spiro atoms. The number of halogens is 3. The van der Waals surface area contributed by atoms with Crippen LogP contribution in [0.3, 0.4) is 0 Å². The molecule has 0 saturated heterocycles. The van der Waals surface area contributed by atoms with Gasteiger partial charge in [-0.15, -0.1) is 0 Å². The molecule has 1 atom stereocenters. The molecule has 0 aromatic heterocycles. The van der Waals surface area contributed by atoms with Crippen LogP contribution in [0.2, 0.25) is 5.02 Å². The van der Waals surface area contributed by atoms with Crippen molar-refractivity contribution in [1.29, 1.82) is 5.26 Å². The van der Waals surface area contributed by atoms with Crippen molar-refractivity contribution in [1.82, 2.24) is 5.32 Å². The van der Waals surface area contributed by atoms with Crippen LogP contribution in [-0.4, -0.2) is 18.2 Å². The molecule has 0 fully saturated rings. The molecule has 1 aliphatic heterocycles. The Hall–Kier alpha value is -3.63. The summed E-state index contributed by atoms with van der Waals surface area (Å²) in [7, 11) is 0. The van der Waals surface area contributed by atoms with Crippen LogP contribution in [0.25, 0.3) is 11.1 Å². The van der Waals surface area contributed by atoms with Crippen LogP contribution < -0.4 is 10.1 Å². The van der Waals surface area contributed by atoms with Crippen LogP contribution in [0.15, 0.2) is 54.6 Å². The lowest BCUT2D eigenvalue weighted by Crippen LogP contribution is -2.45. The topological polar surface area (TPSA) is 71.3 Å². The predicted octanol–water partition coefficient (Wildman–Crippen LogP) is 6.51. The summed E-state index contributed by atoms with van der Waals surface area (Å²) in [6.07, 6.45) is -0.438. The van der Waals surface area contributed by atoms with Gasteiger partial charge >= 0.3 is 6.09 Å². The summed E-state index contributed by atoms with van der Waals surface area (Å²) in [4.78, 5) is 12.4. The van der Waals surface area contributed by atoms with E-state index >= 15 is 4.39 Å². The minimum absolute atomic E-state index is 0.0361. The van der Waals surface area contributed by atoms with Gasteiger partial charge in [0.2, 0.25) is 0 Å². The van der Waals surface area contributed by atoms with E-state index in [4.69, 9.17) is 21.1 Å². The van der Waals surface area contributed by atoms with Gasteiger partial charge in [-0.25, -0.2) is 13.6 Å². The van der Waals surface area contributed by atoms with Crippen molar-refractivity contribution in [2.45, 2.75) is 38.4 Å². The van der Waals surface area contributed by atoms with Crippen LogP contribution in [-0.2, 0) is 16.8 Å². The molecule has 1 N–H and O–H groups in total. The lowest BCUT2D eigenvalue weighted by Gasteiger charge is -2.30. The van der Waals surface area contributed by atoms with E-state index in [1.807, 2.05) is 36.4 Å². The lowest BCUT2D eigenvalue weighted by atomic mass is 9.85. The van der Waals surface area contributed by atoms with E-state index < -0.39 is 28.9 Å². The first kappa shape index (κ1) is 24.5. The fraction of sp³-hybridized carbons (Fsp3) is 0.259. The van der Waals surface area contributed by atoms with Gasteiger partial charge in [-0.3, -0.25) is 0 Å². The second kappa shape index (κ2) is 9.20. The third kappa shape index (κ3) is 4.80. The quantitative estimate of drug-likeness (QED) is 0.447. The Morgan fingerprint density at radius 1 is 1.14 bits per heavy atom. The van der Waals surface area contributed by atoms with Crippen molar-refractivity contribution in [2.24, 2.45) is 0 Å². The molecular weight excluding hydrogens is 474 g/mol. The second-order valence-corrected chi connectivity index (χ2v) is 9.70. The van der Waals surface area contributed by atoms with E-state index in [0.717, 1.165) is 11.6 Å². The van der Waals surface area contributed by atoms with Crippen molar-refractivity contribution in [2.75, 3.05) is 6.54 Å². The third-order valence-electron chi connectivity index (χ3n) is 5.67. The number of hydrogen-bond acceptors (Lipinski definition) is 4. The first-order chi connectivity index (χ1) is 16.5. The maximum atomic E-state index is 15.0. The monoisotopic (exact) mass is 496 g/mol. The van der Waals surface area contributed by atoms with Gasteiger partial charge in [0.25, 0.3) is 0 Å². The van der Waals surface area contributed by atoms with Gasteiger partial charge in [-0.2, -0.15) is 5.26 Å². The number of amides is 1. The average Bonchev–Trinajstić information content (AvgIpc) is 3.20. The fourth-order valence-electron chi connectivity index (χ4n) is 4.19. The van der Waals surface area contributed by atoms with Crippen molar-refractivity contribution in [3.05, 3.63) is 87.9 Å². The van der Waals surface area contributed by atoms with E-state index in [2.05, 4.69) is 5.32 Å². The summed E-state index contributed by atoms with van der Waals surface area (Å²) in [6, 6.07) is 16.4. The zero-order chi connectivity index (χ0) is 25.4. The normalized spacial score (nSPS) is 16.7. The summed E-state index contributed by atoms with van der Waals surface area (Å²) in [5.74, 6) is -1.86. The molecule has 0 unspecified atom stereocenters. The fourth-order valence-corrected chi connectivity index (χ4v) is 4.47. The summed E-state index contributed by atoms with van der Waals surface area (Å²) in [6.45, 7) is 5.32. The standard InChI is InChI=1S/C27H23ClF2N2O3/c1-26(2,3)35-25(33)32-15-27(17-7-5-4-6-8-17)13-18-21(34-27)12-10-19(28)23(18)22-16(14-31)9-11-20(29)24(22)30/h4-12H,13,15H2,1-3H3,(H,32,33)/t27-/m1/s1. The summed E-state index contributed by atoms with van der Waals surface area (Å²) < 4.78 is 41.0. The van der Waals surface area contributed by atoms with Crippen molar-refractivity contribution in [3.8, 4) is 22.9 Å². The Morgan fingerprint density at radius 2 is 1.86 bits per heavy atom. The number of carbonyl (C=O) groups excluding carboxylic acids is 1. The number of hydrogen-bond donors (Lipinski definition) is 1. The SMILES string of the molecule is CC(C)(C)OC(=O)NC[C@@]1(c2ccccc2)Cc2c(ccc(Cl)c2-c2c(C#N)ccc(F)c2F)O1. The second-order valence-electron chi connectivity index (χ2n) is 9.29. The first-order valence-corrected chi connectivity index (χ1v) is 11.3. The zero-order valence-corrected chi connectivity index (χ0v) is 20.2. The molecule has 0 radical (unpaired) electrons. The Kier molecular flexibility index (Phi) is 6.44. The molecule has 35 heavy (non-hydrogen) atoms. The summed E-state index contributed by atoms with van der Waals surface area (Å²) in [5.41, 5.74) is -0.579. The predicted molar refractivity (Wildman–Crippen MR) is 128 cm³/mol. The maximum Gasteiger partial charge on any atom is 0.407 e. The number of nitriles is 1. The largest absolute Gasteiger partial charge is 0.480 e. The van der Waals surface area contributed by atoms with Crippen LogP contribution >= 0.6 is 11.6 Å². The molecule has 3 aromatic rings. The van der Waals surface area contributed by atoms with E-state index in [-0.39, 0.29) is 34.7 Å². The molecule has 1 aliphatic rings. The molecule has 1 heterocycles. The zero-order valence-electron chi connectivity index (χ0n) is 19.4. The minimum Gasteiger partial charge on any atom is -0.480 e. The molecule has 4 rings (SSSR count). The molecule has 3 aromatic carbocycles. The van der Waals surface area contributed by atoms with Gasteiger partial charge in [-0.1, -0.05) is 41.9 Å². The van der Waals surface area contributed by atoms with Gasteiger partial charge < -0.3 is 14.8 Å².